The Morgan fingerprint density at radius 3 is 1.32 bits per heavy atom. The number of benzene rings is 4. The quantitative estimate of drug-likeness (QED) is 0.0499. The minimum Gasteiger partial charge on any atom is -0.481 e. The zero-order valence-electron chi connectivity index (χ0n) is 47.3. The highest BCUT2D eigenvalue weighted by Gasteiger charge is 2.44. The van der Waals surface area contributed by atoms with Crippen molar-refractivity contribution in [1.82, 2.24) is 31.2 Å². The number of rotatable bonds is 20. The maximum Gasteiger partial charge on any atom is 0.251 e. The van der Waals surface area contributed by atoms with Gasteiger partial charge in [0, 0.05) is 72.1 Å². The van der Waals surface area contributed by atoms with Crippen LogP contribution in [0.1, 0.15) is 86.3 Å². The number of anilines is 2. The van der Waals surface area contributed by atoms with Gasteiger partial charge < -0.3 is 50.5 Å². The molecule has 0 fully saturated rings. The average Bonchev–Trinajstić information content (AvgIpc) is 2.60. The number of likely N-dealkylation sites (N-methyl/N-ethyl adjacent to an activating group) is 2. The van der Waals surface area contributed by atoms with Crippen molar-refractivity contribution in [3.8, 4) is 35.2 Å². The molecule has 18 heteroatoms. The van der Waals surface area contributed by atoms with Crippen molar-refractivity contribution in [2.24, 2.45) is 0 Å². The van der Waals surface area contributed by atoms with E-state index < -0.39 is 35.0 Å². The zero-order valence-corrected chi connectivity index (χ0v) is 47.3. The summed E-state index contributed by atoms with van der Waals surface area (Å²) in [4.78, 5) is 91.9. The summed E-state index contributed by atoms with van der Waals surface area (Å²) in [5, 5.41) is 11.7. The first kappa shape index (κ1) is 59.3. The summed E-state index contributed by atoms with van der Waals surface area (Å²) in [6, 6.07) is 26.4. The van der Waals surface area contributed by atoms with Gasteiger partial charge in [0.05, 0.1) is 23.5 Å². The number of nitrogens with one attached hydrogen (secondary N) is 6. The van der Waals surface area contributed by atoms with Crippen LogP contribution < -0.4 is 51.7 Å². The Morgan fingerprint density at radius 2 is 0.951 bits per heavy atom. The van der Waals surface area contributed by atoms with E-state index in [9.17, 15) is 37.5 Å². The van der Waals surface area contributed by atoms with E-state index in [1.807, 2.05) is 39.8 Å². The van der Waals surface area contributed by atoms with Crippen LogP contribution in [0.25, 0.3) is 0 Å². The molecule has 2 aliphatic rings. The number of aromatic nitrogens is 2. The predicted molar refractivity (Wildman–Crippen MR) is 311 cm³/mol. The molecule has 16 nitrogen and oxygen atoms in total. The molecule has 4 atom stereocenters. The van der Waals surface area contributed by atoms with Gasteiger partial charge >= 0.3 is 0 Å². The summed E-state index contributed by atoms with van der Waals surface area (Å²) in [5.41, 5.74) is 4.20. The van der Waals surface area contributed by atoms with E-state index in [2.05, 4.69) is 54.9 Å². The molecule has 0 saturated heterocycles. The van der Waals surface area contributed by atoms with E-state index in [0.29, 0.717) is 56.5 Å². The third kappa shape index (κ3) is 14.4. The van der Waals surface area contributed by atoms with Crippen LogP contribution in [-0.2, 0) is 55.7 Å². The summed E-state index contributed by atoms with van der Waals surface area (Å²) in [7, 11) is 3.31. The highest BCUT2D eigenvalue weighted by molar-refractivity contribution is 6.03. The van der Waals surface area contributed by atoms with E-state index in [0.717, 1.165) is 11.1 Å². The van der Waals surface area contributed by atoms with Crippen molar-refractivity contribution >= 4 is 35.0 Å². The van der Waals surface area contributed by atoms with Crippen molar-refractivity contribution in [2.45, 2.75) is 102 Å². The smallest absolute Gasteiger partial charge is 0.251 e. The number of H-pyrrole nitrogens is 2. The Kier molecular flexibility index (Phi) is 18.6. The van der Waals surface area contributed by atoms with Crippen molar-refractivity contribution < 1.29 is 37.4 Å². The molecular weight excluding hydrogens is 1050 g/mol. The van der Waals surface area contributed by atoms with Crippen molar-refractivity contribution in [3.63, 3.8) is 0 Å². The monoisotopic (exact) mass is 1110 g/mol. The highest BCUT2D eigenvalue weighted by atomic mass is 19.1. The third-order valence-corrected chi connectivity index (χ3v) is 14.8. The van der Waals surface area contributed by atoms with Gasteiger partial charge in [-0.05, 0) is 135 Å². The maximum absolute atomic E-state index is 14.7. The summed E-state index contributed by atoms with van der Waals surface area (Å²) < 4.78 is 39.3. The number of aromatic amines is 2. The van der Waals surface area contributed by atoms with Crippen molar-refractivity contribution in [3.05, 3.63) is 186 Å². The fourth-order valence-electron chi connectivity index (χ4n) is 10.0. The van der Waals surface area contributed by atoms with Gasteiger partial charge in [-0.25, -0.2) is 8.78 Å². The largest absolute Gasteiger partial charge is 0.481 e. The fraction of sp³-hybridized carbons (Fsp3) is 0.344. The van der Waals surface area contributed by atoms with Gasteiger partial charge in [0.1, 0.15) is 48.4 Å². The van der Waals surface area contributed by atoms with Gasteiger partial charge in [0.2, 0.25) is 23.6 Å². The normalized spacial score (nSPS) is 15.0. The Morgan fingerprint density at radius 1 is 0.573 bits per heavy atom. The number of fused-ring (bicyclic) bond motifs is 2. The van der Waals surface area contributed by atoms with Crippen molar-refractivity contribution in [1.29, 1.82) is 0 Å². The van der Waals surface area contributed by atoms with E-state index in [4.69, 9.17) is 9.47 Å². The van der Waals surface area contributed by atoms with Crippen LogP contribution in [0.5, 0.6) is 11.5 Å². The molecule has 4 aromatic carbocycles. The topological polar surface area (TPSA) is 207 Å². The van der Waals surface area contributed by atoms with Crippen LogP contribution in [0.2, 0.25) is 0 Å². The molecule has 82 heavy (non-hydrogen) atoms. The Bertz CT molecular complexity index is 3370. The van der Waals surface area contributed by atoms with E-state index in [1.165, 1.54) is 24.3 Å². The van der Waals surface area contributed by atoms with Crippen molar-refractivity contribution in [2.75, 3.05) is 50.2 Å². The second-order valence-electron chi connectivity index (χ2n) is 22.0. The lowest BCUT2D eigenvalue weighted by Gasteiger charge is -2.27. The fourth-order valence-corrected chi connectivity index (χ4v) is 10.0. The molecule has 4 heterocycles. The first-order valence-corrected chi connectivity index (χ1v) is 27.1. The molecule has 2 aromatic heterocycles. The van der Waals surface area contributed by atoms with Crippen LogP contribution in [-0.4, -0.2) is 98.2 Å². The van der Waals surface area contributed by atoms with Gasteiger partial charge in [-0.1, -0.05) is 76.2 Å². The van der Waals surface area contributed by atoms with Gasteiger partial charge in [-0.3, -0.25) is 28.8 Å². The van der Waals surface area contributed by atoms with E-state index in [-0.39, 0.29) is 98.4 Å². The molecule has 6 aromatic rings. The number of hydrogen-bond donors (Lipinski definition) is 6. The number of nitrogens with zero attached hydrogens (tertiary/aromatic N) is 2. The molecule has 0 bridgehead atoms. The van der Waals surface area contributed by atoms with E-state index in [1.54, 1.807) is 111 Å². The van der Waals surface area contributed by atoms with Gasteiger partial charge in [-0.15, -0.1) is 0 Å². The summed E-state index contributed by atoms with van der Waals surface area (Å²) in [5.74, 6) is 10.1. The molecule has 426 valence electrons. The summed E-state index contributed by atoms with van der Waals surface area (Å²) >= 11 is 0. The lowest BCUT2D eigenvalue weighted by atomic mass is 9.91. The first-order valence-electron chi connectivity index (χ1n) is 27.1. The molecule has 4 amide bonds. The molecule has 0 saturated carbocycles. The summed E-state index contributed by atoms with van der Waals surface area (Å²) in [6.07, 6.45) is 0.701. The number of ether oxygens (including phenoxy) is 2. The standard InChI is InChI=1S/C64H68F2N8O8/c1-39(67-7)57(75)69-51(61(79)73-37-63(3,4)55-53(73)35-45(59(77)71-55)29-41-19-23-47(65)24-20-41)33-43-15-13-17-49(31-43)81-27-11-9-10-12-28-82-50-18-14-16-44(32-50)34-52(70-58(76)40(2)68-8)62(80)74-38-64(5,6)56-54(74)36-46(60(78)72-56)30-42-21-25-48(66)26-22-42/h13-26,31-32,35-36,39-40,51-52,67-68H,27-30,33-34,37-38H2,1-8H3,(H,69,75)(H,70,76)(H,71,77)(H,72,78)/t39-,40-,51-,52-/m0/s1. The second-order valence-corrected chi connectivity index (χ2v) is 22.0. The molecule has 0 radical (unpaired) electrons. The number of pyridine rings is 2. The number of carbonyl (C=O) groups excluding carboxylic acids is 4. The van der Waals surface area contributed by atoms with Crippen LogP contribution in [0.4, 0.5) is 20.2 Å². The zero-order chi connectivity index (χ0) is 58.9. The number of halogens is 2. The van der Waals surface area contributed by atoms with Crippen LogP contribution in [0.15, 0.2) is 119 Å². The minimum absolute atomic E-state index is 0.00293. The molecule has 6 N–H and O–H groups in total. The van der Waals surface area contributed by atoms with E-state index >= 15 is 0 Å². The van der Waals surface area contributed by atoms with Crippen LogP contribution >= 0.6 is 0 Å². The lowest BCUT2D eigenvalue weighted by Crippen LogP contribution is -2.53. The predicted octanol–water partition coefficient (Wildman–Crippen LogP) is 5.91. The average molecular weight is 1120 g/mol. The number of amides is 4. The second kappa shape index (κ2) is 25.7. The molecule has 0 aliphatic carbocycles. The Balaban J connectivity index is 0.895. The van der Waals surface area contributed by atoms with Gasteiger partial charge in [0.25, 0.3) is 11.1 Å². The Labute approximate surface area is 475 Å². The first-order chi connectivity index (χ1) is 39.1. The number of hydrogen-bond acceptors (Lipinski definition) is 10. The van der Waals surface area contributed by atoms with Gasteiger partial charge in [0.15, 0.2) is 0 Å². The molecule has 0 unspecified atom stereocenters. The Hall–Kier alpha value is -8.84. The molecule has 0 spiro atoms. The minimum atomic E-state index is -0.994. The lowest BCUT2D eigenvalue weighted by molar-refractivity contribution is -0.128. The SMILES string of the molecule is CN[C@@H](C)C(=O)N[C@@H](Cc1cccc(OCC#CC#CCOc2cccc(C[C@H](NC(=O)[C@H](C)NC)C(=O)N3CC(C)(C)c4[nH]c(=O)c(Cc5ccc(F)cc5)cc43)c2)c1)C(=O)N1CC(C)(C)c2[nH]c(=O)c(Cc3ccc(F)cc3)cc21. The molecule has 2 aliphatic heterocycles. The highest BCUT2D eigenvalue weighted by Crippen LogP contribution is 2.41. The third-order valence-electron chi connectivity index (χ3n) is 14.8. The number of carbonyl (C=O) groups is 4. The summed E-state index contributed by atoms with van der Waals surface area (Å²) in [6.45, 7) is 11.7. The van der Waals surface area contributed by atoms with Gasteiger partial charge in [-0.2, -0.15) is 0 Å². The molecular formula is C64H68F2N8O8. The van der Waals surface area contributed by atoms with Crippen LogP contribution in [0, 0.1) is 35.3 Å². The molecule has 8 rings (SSSR count). The van der Waals surface area contributed by atoms with Crippen LogP contribution in [0.3, 0.4) is 0 Å². The maximum atomic E-state index is 14.7.